The minimum absolute atomic E-state index is 0.0518. The quantitative estimate of drug-likeness (QED) is 0.693. The van der Waals surface area contributed by atoms with E-state index in [0.29, 0.717) is 24.3 Å². The van der Waals surface area contributed by atoms with Gasteiger partial charge >= 0.3 is 11.8 Å². The normalized spacial score (nSPS) is 18.2. The van der Waals surface area contributed by atoms with Gasteiger partial charge in [-0.25, -0.2) is 8.42 Å². The molecule has 8 nitrogen and oxygen atoms in total. The van der Waals surface area contributed by atoms with E-state index >= 15 is 0 Å². The van der Waals surface area contributed by atoms with Gasteiger partial charge in [0.05, 0.1) is 25.7 Å². The molecular formula is C17H24N2O6S. The molecule has 144 valence electrons. The van der Waals surface area contributed by atoms with Crippen LogP contribution >= 0.6 is 0 Å². The molecule has 1 aromatic carbocycles. The van der Waals surface area contributed by atoms with E-state index in [1.165, 1.54) is 11.9 Å². The van der Waals surface area contributed by atoms with Gasteiger partial charge in [0.25, 0.3) is 0 Å². The Hall–Kier alpha value is -2.29. The van der Waals surface area contributed by atoms with Crippen molar-refractivity contribution in [1.29, 1.82) is 0 Å². The number of nitrogens with one attached hydrogen (secondary N) is 1. The average Bonchev–Trinajstić information content (AvgIpc) is 2.99. The smallest absolute Gasteiger partial charge is 0.311 e. The number of amides is 2. The standard InChI is InChI=1S/C17H24N2O6S/c1-19(13-7-9-26(22,23)11-13)17(21)16(20)18-8-6-12-4-5-14(24-2)15(10-12)25-3/h4-5,10,13H,6-9,11H2,1-3H3,(H,18,20). The number of methoxy groups -OCH3 is 2. The SMILES string of the molecule is COc1ccc(CCNC(=O)C(=O)N(C)C2CCS(=O)(=O)C2)cc1OC. The lowest BCUT2D eigenvalue weighted by atomic mass is 10.1. The van der Waals surface area contributed by atoms with Gasteiger partial charge in [0, 0.05) is 19.6 Å². The lowest BCUT2D eigenvalue weighted by Gasteiger charge is -2.22. The molecule has 0 radical (unpaired) electrons. The number of benzene rings is 1. The molecule has 1 heterocycles. The highest BCUT2D eigenvalue weighted by molar-refractivity contribution is 7.91. The fourth-order valence-electron chi connectivity index (χ4n) is 2.84. The van der Waals surface area contributed by atoms with Gasteiger partial charge in [-0.3, -0.25) is 9.59 Å². The van der Waals surface area contributed by atoms with Crippen LogP contribution < -0.4 is 14.8 Å². The zero-order valence-corrected chi connectivity index (χ0v) is 16.0. The molecule has 1 fully saturated rings. The van der Waals surface area contributed by atoms with E-state index in [2.05, 4.69) is 5.32 Å². The second-order valence-electron chi connectivity index (χ2n) is 6.17. The highest BCUT2D eigenvalue weighted by Gasteiger charge is 2.34. The molecule has 0 aliphatic carbocycles. The van der Waals surface area contributed by atoms with Crippen molar-refractivity contribution in [1.82, 2.24) is 10.2 Å². The minimum Gasteiger partial charge on any atom is -0.493 e. The number of carbonyl (C=O) groups is 2. The first-order valence-corrected chi connectivity index (χ1v) is 10.1. The largest absolute Gasteiger partial charge is 0.493 e. The van der Waals surface area contributed by atoms with Gasteiger partial charge in [0.15, 0.2) is 21.3 Å². The maximum absolute atomic E-state index is 12.1. The van der Waals surface area contributed by atoms with Crippen molar-refractivity contribution in [3.63, 3.8) is 0 Å². The number of likely N-dealkylation sites (N-methyl/N-ethyl adjacent to an activating group) is 1. The van der Waals surface area contributed by atoms with Crippen molar-refractivity contribution in [2.75, 3.05) is 39.3 Å². The molecule has 1 atom stereocenters. The number of rotatable bonds is 6. The number of hydrogen-bond acceptors (Lipinski definition) is 6. The Kier molecular flexibility index (Phi) is 6.47. The summed E-state index contributed by atoms with van der Waals surface area (Å²) >= 11 is 0. The van der Waals surface area contributed by atoms with E-state index in [1.807, 2.05) is 12.1 Å². The lowest BCUT2D eigenvalue weighted by molar-refractivity contribution is -0.146. The van der Waals surface area contributed by atoms with Crippen molar-refractivity contribution >= 4 is 21.7 Å². The van der Waals surface area contributed by atoms with E-state index < -0.39 is 27.7 Å². The maximum Gasteiger partial charge on any atom is 0.311 e. The highest BCUT2D eigenvalue weighted by Crippen LogP contribution is 2.27. The summed E-state index contributed by atoms with van der Waals surface area (Å²) in [5, 5.41) is 2.57. The summed E-state index contributed by atoms with van der Waals surface area (Å²) in [6.07, 6.45) is 0.879. The van der Waals surface area contributed by atoms with Crippen molar-refractivity contribution in [2.24, 2.45) is 0 Å². The van der Waals surface area contributed by atoms with Crippen LogP contribution in [0.2, 0.25) is 0 Å². The van der Waals surface area contributed by atoms with Gasteiger partial charge in [0.2, 0.25) is 0 Å². The Morgan fingerprint density at radius 3 is 2.50 bits per heavy atom. The molecule has 0 spiro atoms. The Morgan fingerprint density at radius 1 is 1.23 bits per heavy atom. The predicted molar refractivity (Wildman–Crippen MR) is 96.1 cm³/mol. The molecule has 1 N–H and O–H groups in total. The van der Waals surface area contributed by atoms with Gasteiger partial charge in [-0.05, 0) is 30.5 Å². The monoisotopic (exact) mass is 384 g/mol. The molecule has 1 saturated heterocycles. The third kappa shape index (κ3) is 4.87. The van der Waals surface area contributed by atoms with Crippen molar-refractivity contribution in [2.45, 2.75) is 18.9 Å². The van der Waals surface area contributed by atoms with Crippen molar-refractivity contribution in [3.8, 4) is 11.5 Å². The van der Waals surface area contributed by atoms with Gasteiger partial charge in [-0.15, -0.1) is 0 Å². The summed E-state index contributed by atoms with van der Waals surface area (Å²) in [4.78, 5) is 25.4. The van der Waals surface area contributed by atoms with Crippen LogP contribution in [0.15, 0.2) is 18.2 Å². The van der Waals surface area contributed by atoms with Crippen LogP contribution in [-0.2, 0) is 25.8 Å². The van der Waals surface area contributed by atoms with Crippen LogP contribution in [0.4, 0.5) is 0 Å². The summed E-state index contributed by atoms with van der Waals surface area (Å²) in [5.74, 6) is -0.292. The number of ether oxygens (including phenoxy) is 2. The predicted octanol–water partition coefficient (Wildman–Crippen LogP) is 0.00800. The molecule has 9 heteroatoms. The summed E-state index contributed by atoms with van der Waals surface area (Å²) in [6.45, 7) is 0.275. The molecule has 26 heavy (non-hydrogen) atoms. The zero-order valence-electron chi connectivity index (χ0n) is 15.1. The average molecular weight is 384 g/mol. The summed E-state index contributed by atoms with van der Waals surface area (Å²) in [5.41, 5.74) is 0.922. The Morgan fingerprint density at radius 2 is 1.92 bits per heavy atom. The van der Waals surface area contributed by atoms with Crippen molar-refractivity contribution < 1.29 is 27.5 Å². The van der Waals surface area contributed by atoms with Crippen LogP contribution in [0.5, 0.6) is 11.5 Å². The fraction of sp³-hybridized carbons (Fsp3) is 0.529. The summed E-state index contributed by atoms with van der Waals surface area (Å²) in [6, 6.07) is 4.99. The molecule has 1 aliphatic rings. The third-order valence-corrected chi connectivity index (χ3v) is 6.17. The number of carbonyl (C=O) groups excluding carboxylic acids is 2. The second kappa shape index (κ2) is 8.39. The van der Waals surface area contributed by atoms with E-state index in [0.717, 1.165) is 5.56 Å². The summed E-state index contributed by atoms with van der Waals surface area (Å²) in [7, 11) is 1.44. The maximum atomic E-state index is 12.1. The van der Waals surface area contributed by atoms with E-state index in [9.17, 15) is 18.0 Å². The van der Waals surface area contributed by atoms with Gasteiger partial charge in [-0.1, -0.05) is 6.07 Å². The topological polar surface area (TPSA) is 102 Å². The molecule has 2 rings (SSSR count). The summed E-state index contributed by atoms with van der Waals surface area (Å²) < 4.78 is 33.4. The number of sulfone groups is 1. The lowest BCUT2D eigenvalue weighted by Crippen LogP contribution is -2.46. The Labute approximate surface area is 153 Å². The molecule has 1 aliphatic heterocycles. The molecule has 2 amide bonds. The van der Waals surface area contributed by atoms with Gasteiger partial charge in [0.1, 0.15) is 0 Å². The molecule has 1 unspecified atom stereocenters. The minimum atomic E-state index is -3.11. The van der Waals surface area contributed by atoms with Crippen LogP contribution in [0, 0.1) is 0 Å². The van der Waals surface area contributed by atoms with Crippen LogP contribution in [-0.4, -0.2) is 70.5 Å². The third-order valence-electron chi connectivity index (χ3n) is 4.42. The first-order chi connectivity index (χ1) is 12.3. The number of nitrogens with zero attached hydrogens (tertiary/aromatic N) is 1. The Bertz CT molecular complexity index is 777. The molecular weight excluding hydrogens is 360 g/mol. The first kappa shape index (κ1) is 20.0. The molecule has 0 aromatic heterocycles. The first-order valence-electron chi connectivity index (χ1n) is 8.23. The molecule has 0 bridgehead atoms. The molecule has 1 aromatic rings. The van der Waals surface area contributed by atoms with Gasteiger partial charge < -0.3 is 19.7 Å². The number of hydrogen-bond donors (Lipinski definition) is 1. The molecule has 0 saturated carbocycles. The van der Waals surface area contributed by atoms with Crippen LogP contribution in [0.1, 0.15) is 12.0 Å². The van der Waals surface area contributed by atoms with E-state index in [1.54, 1.807) is 20.3 Å². The van der Waals surface area contributed by atoms with E-state index in [-0.39, 0.29) is 18.1 Å². The Balaban J connectivity index is 1.85. The van der Waals surface area contributed by atoms with Crippen molar-refractivity contribution in [3.05, 3.63) is 23.8 Å². The van der Waals surface area contributed by atoms with Gasteiger partial charge in [-0.2, -0.15) is 0 Å². The van der Waals surface area contributed by atoms with Crippen LogP contribution in [0.25, 0.3) is 0 Å². The highest BCUT2D eigenvalue weighted by atomic mass is 32.2. The fourth-order valence-corrected chi connectivity index (χ4v) is 4.61. The zero-order chi connectivity index (χ0) is 19.3. The second-order valence-corrected chi connectivity index (χ2v) is 8.40. The van der Waals surface area contributed by atoms with Crippen LogP contribution in [0.3, 0.4) is 0 Å². The van der Waals surface area contributed by atoms with E-state index in [4.69, 9.17) is 9.47 Å².